The van der Waals surface area contributed by atoms with Crippen LogP contribution in [0.3, 0.4) is 0 Å². The maximum absolute atomic E-state index is 12.8. The van der Waals surface area contributed by atoms with Crippen LogP contribution >= 0.6 is 0 Å². The Morgan fingerprint density at radius 3 is 2.07 bits per heavy atom. The van der Waals surface area contributed by atoms with Crippen molar-refractivity contribution in [3.63, 3.8) is 0 Å². The number of hydrogen-bond acceptors (Lipinski definition) is 3. The van der Waals surface area contributed by atoms with Gasteiger partial charge in [-0.15, -0.1) is 0 Å². The first-order chi connectivity index (χ1) is 12.8. The summed E-state index contributed by atoms with van der Waals surface area (Å²) >= 11 is 0. The number of carbonyl (C=O) groups is 1. The van der Waals surface area contributed by atoms with Crippen molar-refractivity contribution in [2.24, 2.45) is 0 Å². The molecule has 0 spiro atoms. The van der Waals surface area contributed by atoms with E-state index in [0.29, 0.717) is 0 Å². The summed E-state index contributed by atoms with van der Waals surface area (Å²) in [6.45, 7) is 11.5. The number of carbonyl (C=O) groups excluding carboxylic acids is 1. The Bertz CT molecular complexity index is 742. The maximum Gasteiger partial charge on any atom is 0.263 e. The second kappa shape index (κ2) is 8.03. The summed E-state index contributed by atoms with van der Waals surface area (Å²) in [5.41, 5.74) is 2.58. The van der Waals surface area contributed by atoms with Crippen LogP contribution < -0.4 is 9.64 Å². The van der Waals surface area contributed by atoms with E-state index < -0.39 is 6.10 Å². The smallest absolute Gasteiger partial charge is 0.263 e. The van der Waals surface area contributed by atoms with Crippen molar-refractivity contribution in [3.8, 4) is 5.75 Å². The molecule has 1 aliphatic heterocycles. The molecule has 144 valence electrons. The number of hydrogen-bond donors (Lipinski definition) is 0. The number of rotatable bonds is 4. The molecule has 1 fully saturated rings. The van der Waals surface area contributed by atoms with E-state index in [1.807, 2.05) is 42.2 Å². The summed E-state index contributed by atoms with van der Waals surface area (Å²) in [4.78, 5) is 17.0. The van der Waals surface area contributed by atoms with Crippen molar-refractivity contribution in [1.29, 1.82) is 0 Å². The molecule has 27 heavy (non-hydrogen) atoms. The Hall–Kier alpha value is -2.49. The number of anilines is 1. The molecule has 3 rings (SSSR count). The Labute approximate surface area is 162 Å². The van der Waals surface area contributed by atoms with Gasteiger partial charge in [0.15, 0.2) is 6.10 Å². The fraction of sp³-hybridized carbons (Fsp3) is 0.435. The Morgan fingerprint density at radius 1 is 0.926 bits per heavy atom. The van der Waals surface area contributed by atoms with E-state index in [1.165, 1.54) is 11.3 Å². The third kappa shape index (κ3) is 4.82. The molecule has 1 aliphatic rings. The normalized spacial score (nSPS) is 16.1. The van der Waals surface area contributed by atoms with Gasteiger partial charge in [-0.25, -0.2) is 0 Å². The largest absolute Gasteiger partial charge is 0.481 e. The molecule has 0 bridgehead atoms. The highest BCUT2D eigenvalue weighted by Gasteiger charge is 2.26. The van der Waals surface area contributed by atoms with Gasteiger partial charge in [0.25, 0.3) is 5.91 Å². The van der Waals surface area contributed by atoms with Crippen LogP contribution in [0.15, 0.2) is 54.6 Å². The minimum absolute atomic E-state index is 0.0580. The van der Waals surface area contributed by atoms with Crippen molar-refractivity contribution in [2.75, 3.05) is 31.1 Å². The summed E-state index contributed by atoms with van der Waals surface area (Å²) < 4.78 is 5.90. The summed E-state index contributed by atoms with van der Waals surface area (Å²) in [6.07, 6.45) is -0.478. The topological polar surface area (TPSA) is 32.8 Å². The Morgan fingerprint density at radius 2 is 1.52 bits per heavy atom. The van der Waals surface area contributed by atoms with Crippen LogP contribution in [-0.4, -0.2) is 43.1 Å². The molecular weight excluding hydrogens is 336 g/mol. The van der Waals surface area contributed by atoms with Crippen LogP contribution in [0.5, 0.6) is 5.75 Å². The molecule has 0 unspecified atom stereocenters. The van der Waals surface area contributed by atoms with Gasteiger partial charge in [-0.3, -0.25) is 4.79 Å². The van der Waals surface area contributed by atoms with E-state index in [4.69, 9.17) is 4.74 Å². The molecule has 0 aromatic heterocycles. The predicted octanol–water partition coefficient (Wildman–Crippen LogP) is 4.10. The van der Waals surface area contributed by atoms with Crippen molar-refractivity contribution in [2.45, 2.75) is 39.2 Å². The van der Waals surface area contributed by atoms with Crippen LogP contribution in [-0.2, 0) is 10.2 Å². The second-order valence-electron chi connectivity index (χ2n) is 8.18. The molecule has 0 radical (unpaired) electrons. The first-order valence-electron chi connectivity index (χ1n) is 9.70. The summed E-state index contributed by atoms with van der Waals surface area (Å²) in [5, 5.41) is 0. The highest BCUT2D eigenvalue weighted by molar-refractivity contribution is 5.81. The first-order valence-corrected chi connectivity index (χ1v) is 9.70. The van der Waals surface area contributed by atoms with Crippen LogP contribution in [0.2, 0.25) is 0 Å². The van der Waals surface area contributed by atoms with E-state index in [0.717, 1.165) is 31.9 Å². The molecule has 0 saturated carbocycles. The number of ether oxygens (including phenoxy) is 1. The lowest BCUT2D eigenvalue weighted by Gasteiger charge is -2.37. The zero-order valence-electron chi connectivity index (χ0n) is 16.8. The van der Waals surface area contributed by atoms with Crippen molar-refractivity contribution >= 4 is 11.6 Å². The quantitative estimate of drug-likeness (QED) is 0.817. The zero-order chi connectivity index (χ0) is 19.4. The Balaban J connectivity index is 1.54. The van der Waals surface area contributed by atoms with Gasteiger partial charge in [0.05, 0.1) is 0 Å². The SMILES string of the molecule is C[C@H](Oc1ccc(C(C)(C)C)cc1)C(=O)N1CCN(c2ccccc2)CC1. The Kier molecular flexibility index (Phi) is 5.73. The minimum Gasteiger partial charge on any atom is -0.481 e. The molecule has 1 amide bonds. The number of piperazine rings is 1. The standard InChI is InChI=1S/C23H30N2O2/c1-18(27-21-12-10-19(11-13-21)23(2,3)4)22(26)25-16-14-24(15-17-25)20-8-6-5-7-9-20/h5-13,18H,14-17H2,1-4H3/t18-/m0/s1. The lowest BCUT2D eigenvalue weighted by atomic mass is 9.87. The minimum atomic E-state index is -0.478. The lowest BCUT2D eigenvalue weighted by molar-refractivity contribution is -0.138. The van der Waals surface area contributed by atoms with Crippen molar-refractivity contribution in [1.82, 2.24) is 4.90 Å². The summed E-state index contributed by atoms with van der Waals surface area (Å²) in [6, 6.07) is 18.4. The molecule has 1 heterocycles. The molecular formula is C23H30N2O2. The molecule has 2 aromatic carbocycles. The fourth-order valence-corrected chi connectivity index (χ4v) is 3.37. The molecule has 1 atom stereocenters. The zero-order valence-corrected chi connectivity index (χ0v) is 16.8. The summed E-state index contributed by atoms with van der Waals surface area (Å²) in [5.74, 6) is 0.800. The molecule has 4 nitrogen and oxygen atoms in total. The van der Waals surface area contributed by atoms with Crippen LogP contribution in [0.1, 0.15) is 33.3 Å². The number of benzene rings is 2. The van der Waals surface area contributed by atoms with Gasteiger partial charge in [0.2, 0.25) is 0 Å². The van der Waals surface area contributed by atoms with E-state index in [1.54, 1.807) is 0 Å². The number of amides is 1. The second-order valence-corrected chi connectivity index (χ2v) is 8.18. The highest BCUT2D eigenvalue weighted by Crippen LogP contribution is 2.25. The van der Waals surface area contributed by atoms with Gasteiger partial charge in [-0.2, -0.15) is 0 Å². The average molecular weight is 367 g/mol. The molecule has 2 aromatic rings. The molecule has 0 aliphatic carbocycles. The molecule has 4 heteroatoms. The first kappa shape index (κ1) is 19.3. The van der Waals surface area contributed by atoms with Crippen molar-refractivity contribution in [3.05, 3.63) is 60.2 Å². The average Bonchev–Trinajstić information content (AvgIpc) is 2.68. The van der Waals surface area contributed by atoms with Gasteiger partial charge >= 0.3 is 0 Å². The lowest BCUT2D eigenvalue weighted by Crippen LogP contribution is -2.52. The molecule has 0 N–H and O–H groups in total. The third-order valence-corrected chi connectivity index (χ3v) is 5.09. The van der Waals surface area contributed by atoms with Gasteiger partial charge < -0.3 is 14.5 Å². The van der Waals surface area contributed by atoms with Crippen LogP contribution in [0.4, 0.5) is 5.69 Å². The fourth-order valence-electron chi connectivity index (χ4n) is 3.37. The maximum atomic E-state index is 12.8. The van der Waals surface area contributed by atoms with Gasteiger partial charge in [0.1, 0.15) is 5.75 Å². The van der Waals surface area contributed by atoms with Crippen molar-refractivity contribution < 1.29 is 9.53 Å². The third-order valence-electron chi connectivity index (χ3n) is 5.09. The van der Waals surface area contributed by atoms with Gasteiger partial charge in [-0.1, -0.05) is 51.1 Å². The summed E-state index contributed by atoms with van der Waals surface area (Å²) in [7, 11) is 0. The predicted molar refractivity (Wildman–Crippen MR) is 110 cm³/mol. The van der Waals surface area contributed by atoms with Gasteiger partial charge in [0, 0.05) is 31.9 Å². The van der Waals surface area contributed by atoms with Crippen LogP contribution in [0, 0.1) is 0 Å². The number of nitrogens with zero attached hydrogens (tertiary/aromatic N) is 2. The van der Waals surface area contributed by atoms with Gasteiger partial charge in [-0.05, 0) is 42.2 Å². The molecule has 1 saturated heterocycles. The van der Waals surface area contributed by atoms with E-state index >= 15 is 0 Å². The van der Waals surface area contributed by atoms with E-state index in [2.05, 4.69) is 49.9 Å². The highest BCUT2D eigenvalue weighted by atomic mass is 16.5. The van der Waals surface area contributed by atoms with E-state index in [-0.39, 0.29) is 11.3 Å². The monoisotopic (exact) mass is 366 g/mol. The van der Waals surface area contributed by atoms with E-state index in [9.17, 15) is 4.79 Å². The van der Waals surface area contributed by atoms with Crippen LogP contribution in [0.25, 0.3) is 0 Å². The number of para-hydroxylation sites is 1.